The molecule has 4 heteroatoms. The minimum Gasteiger partial charge on any atom is -0.497 e. The second-order valence-corrected chi connectivity index (χ2v) is 5.41. The van der Waals surface area contributed by atoms with Gasteiger partial charge in [-0.25, -0.2) is 0 Å². The average molecular weight is 343 g/mol. The number of benzene rings is 2. The van der Waals surface area contributed by atoms with Crippen LogP contribution in [0.1, 0.15) is 26.3 Å². The minimum atomic E-state index is -0.170. The molecule has 21 heavy (non-hydrogen) atoms. The molecule has 0 fully saturated rings. The van der Waals surface area contributed by atoms with Crippen molar-refractivity contribution in [3.05, 3.63) is 69.7 Å². The van der Waals surface area contributed by atoms with Gasteiger partial charge in [-0.15, -0.1) is 0 Å². The number of carbonyl (C=O) groups is 2. The summed E-state index contributed by atoms with van der Waals surface area (Å²) in [5, 5.41) is 0. The first-order valence-corrected chi connectivity index (χ1v) is 7.15. The van der Waals surface area contributed by atoms with Crippen LogP contribution in [0.25, 0.3) is 5.57 Å². The fraction of sp³-hybridized carbons (Fsp3) is 0.0588. The highest BCUT2D eigenvalue weighted by Gasteiger charge is 2.31. The van der Waals surface area contributed by atoms with Crippen LogP contribution in [0.3, 0.4) is 0 Å². The molecular weight excluding hydrogens is 332 g/mol. The van der Waals surface area contributed by atoms with Gasteiger partial charge >= 0.3 is 0 Å². The van der Waals surface area contributed by atoms with Crippen molar-refractivity contribution in [3.8, 4) is 5.75 Å². The number of rotatable bonds is 2. The lowest BCUT2D eigenvalue weighted by Gasteiger charge is -2.18. The fourth-order valence-electron chi connectivity index (χ4n) is 2.36. The maximum atomic E-state index is 12.7. The number of halogens is 1. The Labute approximate surface area is 130 Å². The molecule has 104 valence electrons. The standard InChI is InChI=1S/C17H11BrO3/c1-21-11-8-6-10(7-9-11)14-15(18)17(20)13-5-3-2-4-12(13)16(14)19/h2-9H,1H3. The Morgan fingerprint density at radius 3 is 2.00 bits per heavy atom. The summed E-state index contributed by atoms with van der Waals surface area (Å²) in [5.41, 5.74) is 1.96. The molecule has 3 rings (SSSR count). The SMILES string of the molecule is COc1ccc(C2=C(Br)C(=O)c3ccccc3C2=O)cc1. The minimum absolute atomic E-state index is 0.151. The monoisotopic (exact) mass is 342 g/mol. The molecule has 1 aliphatic carbocycles. The summed E-state index contributed by atoms with van der Waals surface area (Å²) >= 11 is 3.28. The Morgan fingerprint density at radius 1 is 0.857 bits per heavy atom. The van der Waals surface area contributed by atoms with Gasteiger partial charge in [-0.3, -0.25) is 9.59 Å². The van der Waals surface area contributed by atoms with E-state index in [-0.39, 0.29) is 11.6 Å². The van der Waals surface area contributed by atoms with Gasteiger partial charge in [0.25, 0.3) is 0 Å². The highest BCUT2D eigenvalue weighted by Crippen LogP contribution is 2.35. The first-order valence-electron chi connectivity index (χ1n) is 6.36. The second-order valence-electron chi connectivity index (χ2n) is 4.62. The van der Waals surface area contributed by atoms with E-state index in [4.69, 9.17) is 4.74 Å². The Morgan fingerprint density at radius 2 is 1.43 bits per heavy atom. The molecule has 0 bridgehead atoms. The van der Waals surface area contributed by atoms with Crippen LogP contribution in [-0.2, 0) is 0 Å². The Kier molecular flexibility index (Phi) is 3.47. The highest BCUT2D eigenvalue weighted by molar-refractivity contribution is 9.12. The molecule has 0 amide bonds. The predicted molar refractivity (Wildman–Crippen MR) is 83.9 cm³/mol. The molecular formula is C17H11BrO3. The van der Waals surface area contributed by atoms with Gasteiger partial charge in [0, 0.05) is 16.7 Å². The third-order valence-electron chi connectivity index (χ3n) is 3.44. The molecule has 0 aromatic heterocycles. The van der Waals surface area contributed by atoms with Gasteiger partial charge in [-0.1, -0.05) is 36.4 Å². The zero-order valence-corrected chi connectivity index (χ0v) is 12.8. The molecule has 0 saturated carbocycles. The largest absolute Gasteiger partial charge is 0.497 e. The molecule has 2 aromatic carbocycles. The lowest BCUT2D eigenvalue weighted by Crippen LogP contribution is -2.18. The van der Waals surface area contributed by atoms with E-state index >= 15 is 0 Å². The maximum Gasteiger partial charge on any atom is 0.201 e. The summed E-state index contributed by atoms with van der Waals surface area (Å²) in [6.07, 6.45) is 0. The van der Waals surface area contributed by atoms with E-state index < -0.39 is 0 Å². The van der Waals surface area contributed by atoms with Gasteiger partial charge in [-0.2, -0.15) is 0 Å². The van der Waals surface area contributed by atoms with Gasteiger partial charge in [0.05, 0.1) is 11.6 Å². The number of ether oxygens (including phenoxy) is 1. The number of methoxy groups -OCH3 is 1. The van der Waals surface area contributed by atoms with Crippen molar-refractivity contribution in [2.24, 2.45) is 0 Å². The molecule has 0 atom stereocenters. The highest BCUT2D eigenvalue weighted by atomic mass is 79.9. The molecule has 3 nitrogen and oxygen atoms in total. The van der Waals surface area contributed by atoms with Crippen LogP contribution in [-0.4, -0.2) is 18.7 Å². The van der Waals surface area contributed by atoms with Crippen molar-refractivity contribution in [1.29, 1.82) is 0 Å². The summed E-state index contributed by atoms with van der Waals surface area (Å²) in [5.74, 6) is 0.378. The zero-order valence-electron chi connectivity index (χ0n) is 11.2. The third-order valence-corrected chi connectivity index (χ3v) is 4.20. The topological polar surface area (TPSA) is 43.4 Å². The summed E-state index contributed by atoms with van der Waals surface area (Å²) in [6, 6.07) is 13.9. The average Bonchev–Trinajstić information content (AvgIpc) is 2.53. The molecule has 0 saturated heterocycles. The van der Waals surface area contributed by atoms with Crippen LogP contribution in [0.5, 0.6) is 5.75 Å². The van der Waals surface area contributed by atoms with Crippen molar-refractivity contribution in [1.82, 2.24) is 0 Å². The number of hydrogen-bond donors (Lipinski definition) is 0. The Bertz CT molecular complexity index is 773. The summed E-state index contributed by atoms with van der Waals surface area (Å²) < 4.78 is 5.41. The number of Topliss-reactive ketones (excluding diaryl/α,β-unsaturated/α-hetero) is 2. The van der Waals surface area contributed by atoms with Gasteiger partial charge in [0.15, 0.2) is 5.78 Å². The molecule has 0 unspecified atom stereocenters. The van der Waals surface area contributed by atoms with E-state index in [9.17, 15) is 9.59 Å². The second kappa shape index (κ2) is 5.30. The molecule has 0 radical (unpaired) electrons. The van der Waals surface area contributed by atoms with Crippen molar-refractivity contribution in [2.45, 2.75) is 0 Å². The summed E-state index contributed by atoms with van der Waals surface area (Å²) in [4.78, 5) is 25.0. The zero-order chi connectivity index (χ0) is 15.0. The van der Waals surface area contributed by atoms with Crippen LogP contribution in [0.2, 0.25) is 0 Å². The van der Waals surface area contributed by atoms with Crippen molar-refractivity contribution in [2.75, 3.05) is 7.11 Å². The van der Waals surface area contributed by atoms with E-state index in [2.05, 4.69) is 15.9 Å². The van der Waals surface area contributed by atoms with Gasteiger partial charge in [0.1, 0.15) is 5.75 Å². The van der Waals surface area contributed by atoms with Crippen LogP contribution in [0.15, 0.2) is 53.0 Å². The quantitative estimate of drug-likeness (QED) is 0.831. The molecule has 2 aromatic rings. The number of ketones is 2. The van der Waals surface area contributed by atoms with E-state index in [0.717, 1.165) is 0 Å². The lowest BCUT2D eigenvalue weighted by molar-refractivity contribution is 0.0999. The van der Waals surface area contributed by atoms with E-state index in [0.29, 0.717) is 32.5 Å². The fourth-order valence-corrected chi connectivity index (χ4v) is 2.98. The third kappa shape index (κ3) is 2.21. The lowest BCUT2D eigenvalue weighted by atomic mass is 9.86. The maximum absolute atomic E-state index is 12.7. The number of hydrogen-bond acceptors (Lipinski definition) is 3. The Balaban J connectivity index is 2.15. The van der Waals surface area contributed by atoms with Crippen molar-refractivity contribution in [3.63, 3.8) is 0 Å². The molecule has 0 N–H and O–H groups in total. The smallest absolute Gasteiger partial charge is 0.201 e. The van der Waals surface area contributed by atoms with Gasteiger partial charge in [0.2, 0.25) is 5.78 Å². The number of carbonyl (C=O) groups excluding carboxylic acids is 2. The van der Waals surface area contributed by atoms with E-state index in [1.54, 1.807) is 55.6 Å². The van der Waals surface area contributed by atoms with E-state index in [1.807, 2.05) is 0 Å². The van der Waals surface area contributed by atoms with Crippen molar-refractivity contribution >= 4 is 33.1 Å². The number of fused-ring (bicyclic) bond motifs is 1. The first kappa shape index (κ1) is 13.8. The molecule has 1 aliphatic rings. The molecule has 0 heterocycles. The molecule has 0 spiro atoms. The summed E-state index contributed by atoms with van der Waals surface area (Å²) in [7, 11) is 1.58. The summed E-state index contributed by atoms with van der Waals surface area (Å²) in [6.45, 7) is 0. The van der Waals surface area contributed by atoms with Crippen LogP contribution in [0, 0.1) is 0 Å². The predicted octanol–water partition coefficient (Wildman–Crippen LogP) is 3.88. The van der Waals surface area contributed by atoms with E-state index in [1.165, 1.54) is 0 Å². The normalized spacial score (nSPS) is 14.2. The molecule has 0 aliphatic heterocycles. The van der Waals surface area contributed by atoms with Crippen LogP contribution in [0.4, 0.5) is 0 Å². The first-order chi connectivity index (χ1) is 10.1. The number of allylic oxidation sites excluding steroid dienone is 2. The van der Waals surface area contributed by atoms with Crippen LogP contribution >= 0.6 is 15.9 Å². The van der Waals surface area contributed by atoms with Gasteiger partial charge < -0.3 is 4.74 Å². The van der Waals surface area contributed by atoms with Crippen molar-refractivity contribution < 1.29 is 14.3 Å². The van der Waals surface area contributed by atoms with Crippen LogP contribution < -0.4 is 4.74 Å². The van der Waals surface area contributed by atoms with Gasteiger partial charge in [-0.05, 0) is 33.6 Å². The Hall–Kier alpha value is -2.20.